The Morgan fingerprint density at radius 2 is 1.80 bits per heavy atom. The fourth-order valence-electron chi connectivity index (χ4n) is 6.53. The summed E-state index contributed by atoms with van der Waals surface area (Å²) in [5.41, 5.74) is 0.269. The molecule has 1 N–H and O–H groups in total. The number of fused-ring (bicyclic) bond motifs is 2. The number of carbonyl (C=O) groups excluding carboxylic acids is 3. The predicted octanol–water partition coefficient (Wildman–Crippen LogP) is 2.06. The van der Waals surface area contributed by atoms with Gasteiger partial charge in [0.2, 0.25) is 5.91 Å². The van der Waals surface area contributed by atoms with Gasteiger partial charge in [0.05, 0.1) is 18.6 Å². The molecule has 8 heteroatoms. The number of para-hydroxylation sites is 1. The van der Waals surface area contributed by atoms with Gasteiger partial charge in [-0.25, -0.2) is 0 Å². The number of aliphatic hydroxyl groups excluding tert-OH is 1. The summed E-state index contributed by atoms with van der Waals surface area (Å²) in [5.74, 6) is -2.98. The minimum Gasteiger partial charge on any atom is -0.461 e. The molecule has 5 rings (SSSR count). The van der Waals surface area contributed by atoms with Gasteiger partial charge in [-0.1, -0.05) is 43.4 Å². The number of aryl methyl sites for hydroxylation is 2. The molecular weight excluding hydrogens is 448 g/mol. The Labute approximate surface area is 205 Å². The van der Waals surface area contributed by atoms with Crippen molar-refractivity contribution in [2.45, 2.75) is 57.4 Å². The summed E-state index contributed by atoms with van der Waals surface area (Å²) < 4.78 is 12.2. The van der Waals surface area contributed by atoms with Gasteiger partial charge in [0.1, 0.15) is 29.8 Å². The summed E-state index contributed by atoms with van der Waals surface area (Å²) in [7, 11) is 0. The third-order valence-corrected chi connectivity index (χ3v) is 8.08. The Kier molecular flexibility index (Phi) is 5.64. The van der Waals surface area contributed by atoms with Crippen LogP contribution in [-0.2, 0) is 23.9 Å². The molecule has 35 heavy (non-hydrogen) atoms. The molecule has 2 amide bonds. The van der Waals surface area contributed by atoms with Crippen molar-refractivity contribution in [1.82, 2.24) is 4.90 Å². The van der Waals surface area contributed by atoms with Crippen LogP contribution in [0.4, 0.5) is 5.69 Å². The van der Waals surface area contributed by atoms with Gasteiger partial charge in [0, 0.05) is 12.2 Å². The molecule has 4 aliphatic heterocycles. The number of hydrogen-bond acceptors (Lipinski definition) is 6. The van der Waals surface area contributed by atoms with Crippen molar-refractivity contribution in [3.05, 3.63) is 53.6 Å². The number of likely N-dealkylation sites (tertiary alicyclic amines) is 1. The van der Waals surface area contributed by atoms with Crippen LogP contribution < -0.4 is 4.90 Å². The fraction of sp³-hybridized carbons (Fsp3) is 0.519. The molecular formula is C27H32N2O6. The molecule has 1 unspecified atom stereocenters. The smallest absolute Gasteiger partial charge is 0.313 e. The number of aliphatic hydroxyl groups is 1. The van der Waals surface area contributed by atoms with Gasteiger partial charge in [0.15, 0.2) is 0 Å². The van der Waals surface area contributed by atoms with Gasteiger partial charge in [-0.2, -0.15) is 0 Å². The predicted molar refractivity (Wildman–Crippen MR) is 129 cm³/mol. The van der Waals surface area contributed by atoms with E-state index in [1.165, 1.54) is 4.90 Å². The molecule has 0 aromatic heterocycles. The largest absolute Gasteiger partial charge is 0.461 e. The highest BCUT2D eigenvalue weighted by Crippen LogP contribution is 2.58. The molecule has 0 radical (unpaired) electrons. The molecule has 1 aromatic rings. The molecule has 6 atom stereocenters. The van der Waals surface area contributed by atoms with E-state index in [4.69, 9.17) is 9.47 Å². The molecule has 2 saturated heterocycles. The quantitative estimate of drug-likeness (QED) is 0.524. The minimum atomic E-state index is -1.36. The first kappa shape index (κ1) is 23.8. The Morgan fingerprint density at radius 3 is 2.46 bits per heavy atom. The van der Waals surface area contributed by atoms with E-state index >= 15 is 0 Å². The van der Waals surface area contributed by atoms with Gasteiger partial charge >= 0.3 is 5.97 Å². The summed E-state index contributed by atoms with van der Waals surface area (Å²) in [6.45, 7) is 7.62. The minimum absolute atomic E-state index is 0.115. The topological polar surface area (TPSA) is 96.4 Å². The Morgan fingerprint density at radius 1 is 1.09 bits per heavy atom. The SMILES string of the molecule is CC[C@@]12C=CCOC(=O)[C@@H]1[C@H]1C(=O)N([C@H](C)CO)C3C(=O)N(c4c(C)cccc4C)CC=C[C@@]31O2. The zero-order chi connectivity index (χ0) is 25.1. The Hall–Kier alpha value is -2.97. The summed E-state index contributed by atoms with van der Waals surface area (Å²) in [4.78, 5) is 44.8. The van der Waals surface area contributed by atoms with Gasteiger partial charge in [-0.3, -0.25) is 14.4 Å². The van der Waals surface area contributed by atoms with E-state index < -0.39 is 41.1 Å². The number of amides is 2. The molecule has 8 nitrogen and oxygen atoms in total. The summed E-state index contributed by atoms with van der Waals surface area (Å²) in [6.07, 6.45) is 7.69. The summed E-state index contributed by atoms with van der Waals surface area (Å²) >= 11 is 0. The van der Waals surface area contributed by atoms with Crippen molar-refractivity contribution in [1.29, 1.82) is 0 Å². The highest BCUT2D eigenvalue weighted by molar-refractivity contribution is 6.06. The van der Waals surface area contributed by atoms with Gasteiger partial charge in [-0.15, -0.1) is 0 Å². The standard InChI is InChI=1S/C27H32N2O6/c1-5-26-11-8-14-34-25(33)20(26)19-23(31)29(18(4)15-30)22-24(32)28(13-7-12-27(19,22)35-26)21-16(2)9-6-10-17(21)3/h6-12,18-20,22,30H,5,13-15H2,1-4H3/t18-,19+,20+,22?,26-,27+/m1/s1. The molecule has 0 bridgehead atoms. The second-order valence-electron chi connectivity index (χ2n) is 10.0. The van der Waals surface area contributed by atoms with Crippen LogP contribution in [0.15, 0.2) is 42.5 Å². The van der Waals surface area contributed by atoms with Crippen molar-refractivity contribution in [3.63, 3.8) is 0 Å². The molecule has 2 fully saturated rings. The highest BCUT2D eigenvalue weighted by Gasteiger charge is 2.75. The van der Waals surface area contributed by atoms with Crippen LogP contribution in [0.2, 0.25) is 0 Å². The molecule has 1 aromatic carbocycles. The number of benzene rings is 1. The van der Waals surface area contributed by atoms with E-state index in [9.17, 15) is 19.5 Å². The van der Waals surface area contributed by atoms with Crippen molar-refractivity contribution in [2.24, 2.45) is 11.8 Å². The highest BCUT2D eigenvalue weighted by atomic mass is 16.6. The van der Waals surface area contributed by atoms with Crippen molar-refractivity contribution in [3.8, 4) is 0 Å². The third kappa shape index (κ3) is 3.16. The first-order valence-corrected chi connectivity index (χ1v) is 12.2. The number of nitrogens with zero attached hydrogens (tertiary/aromatic N) is 2. The summed E-state index contributed by atoms with van der Waals surface area (Å²) in [5, 5.41) is 10.0. The molecule has 186 valence electrons. The van der Waals surface area contributed by atoms with Crippen LogP contribution in [-0.4, -0.2) is 70.8 Å². The van der Waals surface area contributed by atoms with Crippen LogP contribution in [0.25, 0.3) is 0 Å². The van der Waals surface area contributed by atoms with Crippen molar-refractivity contribution >= 4 is 23.5 Å². The maximum Gasteiger partial charge on any atom is 0.313 e. The Balaban J connectivity index is 1.71. The average Bonchev–Trinajstić information content (AvgIpc) is 3.12. The van der Waals surface area contributed by atoms with Crippen molar-refractivity contribution < 1.29 is 29.0 Å². The lowest BCUT2D eigenvalue weighted by atomic mass is 9.73. The van der Waals surface area contributed by atoms with Gasteiger partial charge < -0.3 is 24.4 Å². The molecule has 0 aliphatic carbocycles. The molecule has 1 spiro atoms. The van der Waals surface area contributed by atoms with Crippen molar-refractivity contribution in [2.75, 3.05) is 24.7 Å². The Bertz CT molecular complexity index is 1120. The maximum absolute atomic E-state index is 14.4. The third-order valence-electron chi connectivity index (χ3n) is 8.08. The first-order valence-electron chi connectivity index (χ1n) is 12.2. The number of carbonyl (C=O) groups is 3. The van der Waals surface area contributed by atoms with Crippen LogP contribution in [0, 0.1) is 25.7 Å². The first-order chi connectivity index (χ1) is 16.7. The lowest BCUT2D eigenvalue weighted by Crippen LogP contribution is -2.58. The lowest BCUT2D eigenvalue weighted by molar-refractivity contribution is -0.158. The molecule has 0 saturated carbocycles. The zero-order valence-electron chi connectivity index (χ0n) is 20.6. The molecule has 4 aliphatic rings. The van der Waals surface area contributed by atoms with E-state index in [-0.39, 0.29) is 25.0 Å². The number of rotatable bonds is 4. The zero-order valence-corrected chi connectivity index (χ0v) is 20.6. The summed E-state index contributed by atoms with van der Waals surface area (Å²) in [6, 6.07) is 4.18. The number of hydrogen-bond donors (Lipinski definition) is 1. The monoisotopic (exact) mass is 480 g/mol. The fourth-order valence-corrected chi connectivity index (χ4v) is 6.53. The van der Waals surface area contributed by atoms with Crippen LogP contribution in [0.5, 0.6) is 0 Å². The number of anilines is 1. The van der Waals surface area contributed by atoms with Gasteiger partial charge in [0.25, 0.3) is 5.91 Å². The normalized spacial score (nSPS) is 34.8. The molecule has 4 heterocycles. The van der Waals surface area contributed by atoms with Crippen LogP contribution in [0.1, 0.15) is 31.4 Å². The van der Waals surface area contributed by atoms with E-state index in [0.29, 0.717) is 13.0 Å². The van der Waals surface area contributed by atoms with E-state index in [0.717, 1.165) is 16.8 Å². The second kappa shape index (κ2) is 8.31. The number of ether oxygens (including phenoxy) is 2. The van der Waals surface area contributed by atoms with Gasteiger partial charge in [-0.05, 0) is 44.4 Å². The van der Waals surface area contributed by atoms with Crippen LogP contribution >= 0.6 is 0 Å². The number of esters is 1. The van der Waals surface area contributed by atoms with E-state index in [1.807, 2.05) is 57.2 Å². The van der Waals surface area contributed by atoms with E-state index in [1.54, 1.807) is 17.9 Å². The second-order valence-corrected chi connectivity index (χ2v) is 10.0. The number of cyclic esters (lactones) is 1. The van der Waals surface area contributed by atoms with E-state index in [2.05, 4.69) is 0 Å². The maximum atomic E-state index is 14.4. The van der Waals surface area contributed by atoms with Crippen LogP contribution in [0.3, 0.4) is 0 Å². The lowest BCUT2D eigenvalue weighted by Gasteiger charge is -2.40. The average molecular weight is 481 g/mol.